The number of aliphatic hydroxyl groups excluding tert-OH is 1. The Labute approximate surface area is 105 Å². The van der Waals surface area contributed by atoms with Gasteiger partial charge in [0.15, 0.2) is 0 Å². The van der Waals surface area contributed by atoms with Crippen LogP contribution in [0.4, 0.5) is 0 Å². The quantitative estimate of drug-likeness (QED) is 0.819. The molecule has 0 spiro atoms. The average Bonchev–Trinajstić information content (AvgIpc) is 2.35. The summed E-state index contributed by atoms with van der Waals surface area (Å²) in [5.41, 5.74) is 1.16. The molecule has 2 unspecified atom stereocenters. The Hall–Kier alpha value is -0.860. The van der Waals surface area contributed by atoms with Crippen molar-refractivity contribution in [2.24, 2.45) is 0 Å². The van der Waals surface area contributed by atoms with E-state index < -0.39 is 0 Å². The standard InChI is InChI=1S/C15H25NO/c1-5-15(2,16(3)4)14(17)12-11-13-9-7-6-8-10-13/h6-10,14,17H,5,11-12H2,1-4H3. The van der Waals surface area contributed by atoms with Crippen LogP contribution in [0.1, 0.15) is 32.3 Å². The fourth-order valence-electron chi connectivity index (χ4n) is 2.11. The number of rotatable bonds is 6. The molecule has 2 nitrogen and oxygen atoms in total. The van der Waals surface area contributed by atoms with Crippen LogP contribution in [0.3, 0.4) is 0 Å². The summed E-state index contributed by atoms with van der Waals surface area (Å²) in [6, 6.07) is 10.4. The van der Waals surface area contributed by atoms with Gasteiger partial charge in [-0.15, -0.1) is 0 Å². The number of hydrogen-bond acceptors (Lipinski definition) is 2. The molecule has 96 valence electrons. The van der Waals surface area contributed by atoms with Crippen molar-refractivity contribution in [3.05, 3.63) is 35.9 Å². The van der Waals surface area contributed by atoms with E-state index in [1.165, 1.54) is 5.56 Å². The molecule has 0 amide bonds. The van der Waals surface area contributed by atoms with E-state index in [1.54, 1.807) is 0 Å². The van der Waals surface area contributed by atoms with E-state index in [-0.39, 0.29) is 11.6 Å². The Kier molecular flexibility index (Phi) is 5.16. The molecule has 0 heterocycles. The second-order valence-electron chi connectivity index (χ2n) is 5.15. The van der Waals surface area contributed by atoms with E-state index in [4.69, 9.17) is 0 Å². The molecular weight excluding hydrogens is 210 g/mol. The van der Waals surface area contributed by atoms with Gasteiger partial charge in [-0.1, -0.05) is 37.3 Å². The maximum atomic E-state index is 10.4. The Balaban J connectivity index is 2.57. The van der Waals surface area contributed by atoms with Gasteiger partial charge in [0, 0.05) is 5.54 Å². The minimum atomic E-state index is -0.289. The smallest absolute Gasteiger partial charge is 0.0724 e. The van der Waals surface area contributed by atoms with Crippen LogP contribution in [0.15, 0.2) is 30.3 Å². The van der Waals surface area contributed by atoms with Gasteiger partial charge in [0.05, 0.1) is 6.10 Å². The van der Waals surface area contributed by atoms with Crippen molar-refractivity contribution in [3.63, 3.8) is 0 Å². The number of likely N-dealkylation sites (N-methyl/N-ethyl adjacent to an activating group) is 1. The lowest BCUT2D eigenvalue weighted by molar-refractivity contribution is -0.00215. The van der Waals surface area contributed by atoms with E-state index in [2.05, 4.69) is 30.9 Å². The molecule has 0 bridgehead atoms. The Bertz CT molecular complexity index is 323. The van der Waals surface area contributed by atoms with E-state index in [9.17, 15) is 5.11 Å². The van der Waals surface area contributed by atoms with Crippen molar-refractivity contribution in [1.82, 2.24) is 4.90 Å². The predicted octanol–water partition coefficient (Wildman–Crippen LogP) is 2.71. The minimum Gasteiger partial charge on any atom is -0.391 e. The fraction of sp³-hybridized carbons (Fsp3) is 0.600. The molecule has 1 N–H and O–H groups in total. The summed E-state index contributed by atoms with van der Waals surface area (Å²) >= 11 is 0. The number of aliphatic hydroxyl groups is 1. The predicted molar refractivity (Wildman–Crippen MR) is 73.2 cm³/mol. The summed E-state index contributed by atoms with van der Waals surface area (Å²) in [6.45, 7) is 4.26. The van der Waals surface area contributed by atoms with E-state index >= 15 is 0 Å². The SMILES string of the molecule is CCC(C)(C(O)CCc1ccccc1)N(C)C. The first kappa shape index (κ1) is 14.2. The second kappa shape index (κ2) is 6.18. The molecule has 0 saturated carbocycles. The molecule has 1 aromatic rings. The summed E-state index contributed by atoms with van der Waals surface area (Å²) in [4.78, 5) is 2.13. The highest BCUT2D eigenvalue weighted by molar-refractivity contribution is 5.15. The number of hydrogen-bond donors (Lipinski definition) is 1. The van der Waals surface area contributed by atoms with Crippen molar-refractivity contribution < 1.29 is 5.11 Å². The molecular formula is C15H25NO. The topological polar surface area (TPSA) is 23.5 Å². The Morgan fingerprint density at radius 1 is 1.24 bits per heavy atom. The number of benzene rings is 1. The summed E-state index contributed by atoms with van der Waals surface area (Å²) in [6.07, 6.45) is 2.41. The van der Waals surface area contributed by atoms with E-state index in [0.717, 1.165) is 19.3 Å². The molecule has 0 radical (unpaired) electrons. The van der Waals surface area contributed by atoms with Gasteiger partial charge in [0.25, 0.3) is 0 Å². The Morgan fingerprint density at radius 3 is 2.29 bits per heavy atom. The van der Waals surface area contributed by atoms with Crippen LogP contribution in [-0.4, -0.2) is 35.7 Å². The monoisotopic (exact) mass is 235 g/mol. The van der Waals surface area contributed by atoms with Gasteiger partial charge in [-0.3, -0.25) is 0 Å². The van der Waals surface area contributed by atoms with Gasteiger partial charge >= 0.3 is 0 Å². The van der Waals surface area contributed by atoms with Gasteiger partial charge < -0.3 is 10.0 Å². The van der Waals surface area contributed by atoms with Gasteiger partial charge in [-0.25, -0.2) is 0 Å². The van der Waals surface area contributed by atoms with Crippen molar-refractivity contribution >= 4 is 0 Å². The molecule has 1 aromatic carbocycles. The lowest BCUT2D eigenvalue weighted by Gasteiger charge is -2.40. The van der Waals surface area contributed by atoms with Gasteiger partial charge in [0.1, 0.15) is 0 Å². The second-order valence-corrected chi connectivity index (χ2v) is 5.15. The molecule has 0 aliphatic heterocycles. The zero-order chi connectivity index (χ0) is 12.9. The third-order valence-electron chi connectivity index (χ3n) is 4.00. The lowest BCUT2D eigenvalue weighted by Crippen LogP contribution is -2.50. The summed E-state index contributed by atoms with van der Waals surface area (Å²) in [5.74, 6) is 0. The van der Waals surface area contributed by atoms with Crippen LogP contribution < -0.4 is 0 Å². The third-order valence-corrected chi connectivity index (χ3v) is 4.00. The van der Waals surface area contributed by atoms with Crippen LogP contribution in [0.25, 0.3) is 0 Å². The van der Waals surface area contributed by atoms with Crippen molar-refractivity contribution in [3.8, 4) is 0 Å². The van der Waals surface area contributed by atoms with Gasteiger partial charge in [-0.2, -0.15) is 0 Å². The highest BCUT2D eigenvalue weighted by Gasteiger charge is 2.32. The summed E-state index contributed by atoms with van der Waals surface area (Å²) < 4.78 is 0. The summed E-state index contributed by atoms with van der Waals surface area (Å²) in [7, 11) is 4.07. The maximum Gasteiger partial charge on any atom is 0.0724 e. The van der Waals surface area contributed by atoms with Gasteiger partial charge in [-0.05, 0) is 45.8 Å². The molecule has 0 aliphatic rings. The zero-order valence-corrected chi connectivity index (χ0v) is 11.5. The fourth-order valence-corrected chi connectivity index (χ4v) is 2.11. The Morgan fingerprint density at radius 2 is 1.82 bits per heavy atom. The minimum absolute atomic E-state index is 0.130. The number of nitrogens with zero attached hydrogens (tertiary/aromatic N) is 1. The summed E-state index contributed by atoms with van der Waals surface area (Å²) in [5, 5.41) is 10.4. The molecule has 17 heavy (non-hydrogen) atoms. The molecule has 2 heteroatoms. The average molecular weight is 235 g/mol. The van der Waals surface area contributed by atoms with Crippen LogP contribution >= 0.6 is 0 Å². The van der Waals surface area contributed by atoms with Crippen LogP contribution in [0.2, 0.25) is 0 Å². The molecule has 0 saturated heterocycles. The zero-order valence-electron chi connectivity index (χ0n) is 11.5. The highest BCUT2D eigenvalue weighted by Crippen LogP contribution is 2.24. The molecule has 2 atom stereocenters. The van der Waals surface area contributed by atoms with E-state index in [1.807, 2.05) is 32.3 Å². The first-order valence-corrected chi connectivity index (χ1v) is 6.40. The largest absolute Gasteiger partial charge is 0.391 e. The lowest BCUT2D eigenvalue weighted by atomic mass is 9.87. The van der Waals surface area contributed by atoms with Crippen molar-refractivity contribution in [2.45, 2.75) is 44.8 Å². The number of aryl methyl sites for hydroxylation is 1. The first-order valence-electron chi connectivity index (χ1n) is 6.40. The normalized spacial score (nSPS) is 16.8. The van der Waals surface area contributed by atoms with Crippen molar-refractivity contribution in [1.29, 1.82) is 0 Å². The highest BCUT2D eigenvalue weighted by atomic mass is 16.3. The first-order chi connectivity index (χ1) is 8.00. The molecule has 0 aliphatic carbocycles. The van der Waals surface area contributed by atoms with Crippen LogP contribution in [-0.2, 0) is 6.42 Å². The van der Waals surface area contributed by atoms with Gasteiger partial charge in [0.2, 0.25) is 0 Å². The van der Waals surface area contributed by atoms with E-state index in [0.29, 0.717) is 0 Å². The van der Waals surface area contributed by atoms with Crippen molar-refractivity contribution in [2.75, 3.05) is 14.1 Å². The molecule has 1 rings (SSSR count). The maximum absolute atomic E-state index is 10.4. The van der Waals surface area contributed by atoms with Crippen LogP contribution in [0, 0.1) is 0 Å². The molecule has 0 fully saturated rings. The van der Waals surface area contributed by atoms with Crippen LogP contribution in [0.5, 0.6) is 0 Å². The third kappa shape index (κ3) is 3.55. The molecule has 0 aromatic heterocycles.